The summed E-state index contributed by atoms with van der Waals surface area (Å²) in [4.78, 5) is 0. The van der Waals surface area contributed by atoms with Crippen molar-refractivity contribution < 1.29 is 0 Å². The molecule has 150 valence electrons. The number of rotatable bonds is 19. The number of hydrogen-bond donors (Lipinski definition) is 1. The van der Waals surface area contributed by atoms with Crippen LogP contribution in [0.1, 0.15) is 136 Å². The summed E-state index contributed by atoms with van der Waals surface area (Å²) in [7, 11) is 0. The SMILES string of the molecule is CC=CC(N)(CCCCCCCCCC)CCCCCCCCCC. The first kappa shape index (κ1) is 24.7. The van der Waals surface area contributed by atoms with E-state index in [1.54, 1.807) is 0 Å². The Hall–Kier alpha value is -0.300. The predicted molar refractivity (Wildman–Crippen MR) is 116 cm³/mol. The summed E-state index contributed by atoms with van der Waals surface area (Å²) in [5.74, 6) is 0. The minimum Gasteiger partial charge on any atom is -0.322 e. The van der Waals surface area contributed by atoms with Gasteiger partial charge in [0.2, 0.25) is 0 Å². The first-order valence-corrected chi connectivity index (χ1v) is 11.6. The molecular weight excluding hydrogens is 302 g/mol. The standard InChI is InChI=1S/C24H49N/c1-4-7-9-11-13-15-17-19-22-24(25,21-6-3)23-20-18-16-14-12-10-8-5-2/h6,21H,4-5,7-20,22-23,25H2,1-3H3. The van der Waals surface area contributed by atoms with Gasteiger partial charge >= 0.3 is 0 Å². The average Bonchev–Trinajstić information content (AvgIpc) is 2.60. The largest absolute Gasteiger partial charge is 0.322 e. The molecule has 0 bridgehead atoms. The monoisotopic (exact) mass is 351 g/mol. The van der Waals surface area contributed by atoms with E-state index >= 15 is 0 Å². The molecular formula is C24H49N. The van der Waals surface area contributed by atoms with Gasteiger partial charge in [-0.2, -0.15) is 0 Å². The summed E-state index contributed by atoms with van der Waals surface area (Å²) in [6.45, 7) is 6.69. The molecule has 0 atom stereocenters. The predicted octanol–water partition coefficient (Wildman–Crippen LogP) is 8.32. The van der Waals surface area contributed by atoms with E-state index in [0.717, 1.165) is 0 Å². The van der Waals surface area contributed by atoms with Crippen LogP contribution in [0.3, 0.4) is 0 Å². The Morgan fingerprint density at radius 3 is 1.20 bits per heavy atom. The summed E-state index contributed by atoms with van der Waals surface area (Å²) < 4.78 is 0. The van der Waals surface area contributed by atoms with Crippen molar-refractivity contribution in [3.05, 3.63) is 12.2 Å². The molecule has 0 saturated heterocycles. The van der Waals surface area contributed by atoms with Crippen LogP contribution >= 0.6 is 0 Å². The second-order valence-electron chi connectivity index (χ2n) is 8.18. The third-order valence-corrected chi connectivity index (χ3v) is 5.49. The zero-order chi connectivity index (χ0) is 18.6. The molecule has 0 aromatic heterocycles. The lowest BCUT2D eigenvalue weighted by Gasteiger charge is -2.26. The number of allylic oxidation sites excluding steroid dienone is 1. The highest BCUT2D eigenvalue weighted by atomic mass is 14.7. The average molecular weight is 352 g/mol. The van der Waals surface area contributed by atoms with E-state index in [-0.39, 0.29) is 5.54 Å². The van der Waals surface area contributed by atoms with E-state index in [4.69, 9.17) is 5.73 Å². The van der Waals surface area contributed by atoms with Crippen LogP contribution in [0.5, 0.6) is 0 Å². The molecule has 0 aromatic rings. The van der Waals surface area contributed by atoms with Crippen LogP contribution in [0.4, 0.5) is 0 Å². The number of unbranched alkanes of at least 4 members (excludes halogenated alkanes) is 14. The fourth-order valence-electron chi connectivity index (χ4n) is 3.80. The molecule has 0 unspecified atom stereocenters. The van der Waals surface area contributed by atoms with Crippen molar-refractivity contribution in [1.29, 1.82) is 0 Å². The van der Waals surface area contributed by atoms with Crippen LogP contribution < -0.4 is 5.73 Å². The van der Waals surface area contributed by atoms with Gasteiger partial charge < -0.3 is 5.73 Å². The number of hydrogen-bond acceptors (Lipinski definition) is 1. The van der Waals surface area contributed by atoms with Gasteiger partial charge in [-0.05, 0) is 19.8 Å². The van der Waals surface area contributed by atoms with Crippen LogP contribution in [-0.4, -0.2) is 5.54 Å². The molecule has 0 spiro atoms. The zero-order valence-electron chi connectivity index (χ0n) is 18.0. The van der Waals surface area contributed by atoms with Crippen molar-refractivity contribution in [1.82, 2.24) is 0 Å². The lowest BCUT2D eigenvalue weighted by Crippen LogP contribution is -2.37. The fraction of sp³-hybridized carbons (Fsp3) is 0.917. The third-order valence-electron chi connectivity index (χ3n) is 5.49. The molecule has 25 heavy (non-hydrogen) atoms. The van der Waals surface area contributed by atoms with Crippen LogP contribution in [0.15, 0.2) is 12.2 Å². The van der Waals surface area contributed by atoms with Gasteiger partial charge in [-0.1, -0.05) is 129 Å². The van der Waals surface area contributed by atoms with Crippen LogP contribution in [0.2, 0.25) is 0 Å². The van der Waals surface area contributed by atoms with E-state index in [2.05, 4.69) is 32.9 Å². The minimum absolute atomic E-state index is 0.0425. The van der Waals surface area contributed by atoms with Crippen molar-refractivity contribution in [3.63, 3.8) is 0 Å². The Kier molecular flexibility index (Phi) is 18.3. The maximum Gasteiger partial charge on any atom is 0.0339 e. The highest BCUT2D eigenvalue weighted by Gasteiger charge is 2.19. The van der Waals surface area contributed by atoms with Gasteiger partial charge in [0, 0.05) is 5.54 Å². The Bertz CT molecular complexity index is 262. The molecule has 0 rings (SSSR count). The molecule has 0 aliphatic rings. The molecule has 0 fully saturated rings. The molecule has 0 saturated carbocycles. The Balaban J connectivity index is 3.70. The molecule has 0 heterocycles. The first-order valence-electron chi connectivity index (χ1n) is 11.6. The third kappa shape index (κ3) is 16.9. The van der Waals surface area contributed by atoms with Crippen LogP contribution in [0.25, 0.3) is 0 Å². The fourth-order valence-corrected chi connectivity index (χ4v) is 3.80. The van der Waals surface area contributed by atoms with E-state index in [1.807, 2.05) is 0 Å². The van der Waals surface area contributed by atoms with Gasteiger partial charge in [-0.3, -0.25) is 0 Å². The molecule has 2 N–H and O–H groups in total. The van der Waals surface area contributed by atoms with E-state index in [0.29, 0.717) is 0 Å². The molecule has 0 amide bonds. The second kappa shape index (κ2) is 18.5. The first-order chi connectivity index (χ1) is 12.2. The molecule has 1 nitrogen and oxygen atoms in total. The second-order valence-corrected chi connectivity index (χ2v) is 8.18. The van der Waals surface area contributed by atoms with Gasteiger partial charge in [-0.25, -0.2) is 0 Å². The van der Waals surface area contributed by atoms with Crippen molar-refractivity contribution in [3.8, 4) is 0 Å². The van der Waals surface area contributed by atoms with Gasteiger partial charge in [0.05, 0.1) is 0 Å². The summed E-state index contributed by atoms with van der Waals surface area (Å²) in [5.41, 5.74) is 6.64. The highest BCUT2D eigenvalue weighted by molar-refractivity contribution is 5.03. The van der Waals surface area contributed by atoms with Gasteiger partial charge in [-0.15, -0.1) is 0 Å². The van der Waals surface area contributed by atoms with Crippen molar-refractivity contribution in [2.75, 3.05) is 0 Å². The number of nitrogens with two attached hydrogens (primary N) is 1. The van der Waals surface area contributed by atoms with Crippen LogP contribution in [-0.2, 0) is 0 Å². The molecule has 1 heteroatoms. The lowest BCUT2D eigenvalue weighted by atomic mass is 9.86. The summed E-state index contributed by atoms with van der Waals surface area (Å²) in [5, 5.41) is 0. The topological polar surface area (TPSA) is 26.0 Å². The quantitative estimate of drug-likeness (QED) is 0.184. The highest BCUT2D eigenvalue weighted by Crippen LogP contribution is 2.23. The molecule has 0 aliphatic heterocycles. The maximum atomic E-state index is 6.68. The maximum absolute atomic E-state index is 6.68. The summed E-state index contributed by atoms with van der Waals surface area (Å²) >= 11 is 0. The Morgan fingerprint density at radius 1 is 0.560 bits per heavy atom. The lowest BCUT2D eigenvalue weighted by molar-refractivity contribution is 0.401. The Labute approximate surface area is 160 Å². The van der Waals surface area contributed by atoms with Crippen LogP contribution in [0, 0.1) is 0 Å². The minimum atomic E-state index is -0.0425. The molecule has 0 aliphatic carbocycles. The molecule has 0 radical (unpaired) electrons. The summed E-state index contributed by atoms with van der Waals surface area (Å²) in [6, 6.07) is 0. The van der Waals surface area contributed by atoms with Crippen molar-refractivity contribution >= 4 is 0 Å². The van der Waals surface area contributed by atoms with Crippen molar-refractivity contribution in [2.45, 2.75) is 142 Å². The Morgan fingerprint density at radius 2 is 0.880 bits per heavy atom. The zero-order valence-corrected chi connectivity index (χ0v) is 18.0. The van der Waals surface area contributed by atoms with E-state index in [9.17, 15) is 0 Å². The summed E-state index contributed by atoms with van der Waals surface area (Å²) in [6.07, 6.45) is 28.9. The molecule has 0 aromatic carbocycles. The van der Waals surface area contributed by atoms with Gasteiger partial charge in [0.15, 0.2) is 0 Å². The smallest absolute Gasteiger partial charge is 0.0339 e. The van der Waals surface area contributed by atoms with E-state index in [1.165, 1.54) is 116 Å². The van der Waals surface area contributed by atoms with E-state index < -0.39 is 0 Å². The van der Waals surface area contributed by atoms with Gasteiger partial charge in [0.25, 0.3) is 0 Å². The van der Waals surface area contributed by atoms with Crippen molar-refractivity contribution in [2.24, 2.45) is 5.73 Å². The normalized spacial score (nSPS) is 12.3. The van der Waals surface area contributed by atoms with Gasteiger partial charge in [0.1, 0.15) is 0 Å².